The molecule has 1 aliphatic rings. The molecule has 1 aliphatic carbocycles. The Morgan fingerprint density at radius 1 is 1.21 bits per heavy atom. The highest BCUT2D eigenvalue weighted by Crippen LogP contribution is 2.45. The summed E-state index contributed by atoms with van der Waals surface area (Å²) in [5.41, 5.74) is 9.54. The minimum atomic E-state index is -0.469. The standard InChI is InChI=1S/C18H23N5O/c1-20-14-10-18(21-2,22-3)13-8-4-6-11(15(13)14)16-12(17(19)24)7-5-9-23-16/h4-9,14,20-22H,10H2,1-3H3,(H2,19,24). The van der Waals surface area contributed by atoms with E-state index in [9.17, 15) is 4.79 Å². The predicted octanol–water partition coefficient (Wildman–Crippen LogP) is 1.10. The van der Waals surface area contributed by atoms with Gasteiger partial charge in [0.1, 0.15) is 0 Å². The lowest BCUT2D eigenvalue weighted by Gasteiger charge is -2.30. The highest BCUT2D eigenvalue weighted by molar-refractivity contribution is 5.99. The number of fused-ring (bicyclic) bond motifs is 1. The lowest BCUT2D eigenvalue weighted by molar-refractivity contribution is 0.100. The summed E-state index contributed by atoms with van der Waals surface area (Å²) in [6, 6.07) is 9.69. The third kappa shape index (κ3) is 2.39. The van der Waals surface area contributed by atoms with E-state index < -0.39 is 5.91 Å². The van der Waals surface area contributed by atoms with Crippen molar-refractivity contribution in [3.8, 4) is 11.3 Å². The van der Waals surface area contributed by atoms with Crippen LogP contribution in [0.2, 0.25) is 0 Å². The summed E-state index contributed by atoms with van der Waals surface area (Å²) in [7, 11) is 5.83. The SMILES string of the molecule is CNC1CC(NC)(NC)c2cccc(-c3ncccc3C(N)=O)c21. The Morgan fingerprint density at radius 2 is 1.96 bits per heavy atom. The third-order valence-electron chi connectivity index (χ3n) is 4.95. The number of carbonyl (C=O) groups is 1. The van der Waals surface area contributed by atoms with Crippen LogP contribution in [-0.2, 0) is 5.66 Å². The van der Waals surface area contributed by atoms with Crippen molar-refractivity contribution in [3.63, 3.8) is 0 Å². The molecule has 2 aromatic rings. The number of aromatic nitrogens is 1. The topological polar surface area (TPSA) is 92.1 Å². The van der Waals surface area contributed by atoms with Crippen molar-refractivity contribution in [3.05, 3.63) is 53.2 Å². The molecule has 1 aromatic heterocycles. The van der Waals surface area contributed by atoms with Crippen LogP contribution in [0.1, 0.15) is 33.9 Å². The van der Waals surface area contributed by atoms with Crippen molar-refractivity contribution < 1.29 is 4.79 Å². The summed E-state index contributed by atoms with van der Waals surface area (Å²) in [5.74, 6) is -0.469. The number of pyridine rings is 1. The average molecular weight is 325 g/mol. The normalized spacial score (nSPS) is 18.4. The van der Waals surface area contributed by atoms with Crippen molar-refractivity contribution >= 4 is 5.91 Å². The number of amides is 1. The van der Waals surface area contributed by atoms with E-state index in [-0.39, 0.29) is 11.7 Å². The second-order valence-corrected chi connectivity index (χ2v) is 5.98. The van der Waals surface area contributed by atoms with Gasteiger partial charge >= 0.3 is 0 Å². The first-order chi connectivity index (χ1) is 11.6. The molecular weight excluding hydrogens is 302 g/mol. The highest BCUT2D eigenvalue weighted by atomic mass is 16.1. The molecule has 0 radical (unpaired) electrons. The Kier molecular flexibility index (Phi) is 4.36. The minimum Gasteiger partial charge on any atom is -0.366 e. The van der Waals surface area contributed by atoms with Crippen molar-refractivity contribution in [2.45, 2.75) is 18.1 Å². The molecule has 6 nitrogen and oxygen atoms in total. The molecule has 0 spiro atoms. The molecule has 6 heteroatoms. The van der Waals surface area contributed by atoms with Gasteiger partial charge in [0.25, 0.3) is 5.91 Å². The number of benzene rings is 1. The molecule has 0 bridgehead atoms. The Hall–Kier alpha value is -2.28. The fourth-order valence-electron chi connectivity index (χ4n) is 3.70. The maximum Gasteiger partial charge on any atom is 0.250 e. The Bertz CT molecular complexity index is 770. The molecule has 1 amide bonds. The molecule has 1 heterocycles. The third-order valence-corrected chi connectivity index (χ3v) is 4.95. The fourth-order valence-corrected chi connectivity index (χ4v) is 3.70. The summed E-state index contributed by atoms with van der Waals surface area (Å²) in [6.07, 6.45) is 2.54. The number of rotatable bonds is 5. The van der Waals surface area contributed by atoms with Gasteiger partial charge in [0.05, 0.1) is 16.9 Å². The van der Waals surface area contributed by atoms with Crippen LogP contribution in [0.3, 0.4) is 0 Å². The van der Waals surface area contributed by atoms with Gasteiger partial charge in [-0.1, -0.05) is 18.2 Å². The van der Waals surface area contributed by atoms with Crippen LogP contribution in [0.15, 0.2) is 36.5 Å². The van der Waals surface area contributed by atoms with Gasteiger partial charge in [-0.2, -0.15) is 0 Å². The number of nitrogens with one attached hydrogen (secondary N) is 3. The fraction of sp³-hybridized carbons (Fsp3) is 0.333. The van der Waals surface area contributed by atoms with E-state index >= 15 is 0 Å². The molecule has 1 unspecified atom stereocenters. The molecule has 3 rings (SSSR count). The molecule has 1 atom stereocenters. The number of nitrogens with two attached hydrogens (primary N) is 1. The summed E-state index contributed by atoms with van der Waals surface area (Å²) in [4.78, 5) is 16.3. The van der Waals surface area contributed by atoms with Gasteiger partial charge in [-0.25, -0.2) is 0 Å². The lowest BCUT2D eigenvalue weighted by Crippen LogP contribution is -2.49. The van der Waals surface area contributed by atoms with Gasteiger partial charge in [-0.3, -0.25) is 20.4 Å². The number of hydrogen-bond acceptors (Lipinski definition) is 5. The zero-order valence-electron chi connectivity index (χ0n) is 14.2. The molecule has 126 valence electrons. The van der Waals surface area contributed by atoms with E-state index in [1.807, 2.05) is 33.3 Å². The van der Waals surface area contributed by atoms with Gasteiger partial charge in [0.2, 0.25) is 0 Å². The van der Waals surface area contributed by atoms with Crippen LogP contribution in [0.4, 0.5) is 0 Å². The number of carbonyl (C=O) groups excluding carboxylic acids is 1. The highest BCUT2D eigenvalue weighted by Gasteiger charge is 2.42. The van der Waals surface area contributed by atoms with E-state index in [0.717, 1.165) is 23.1 Å². The molecule has 1 aromatic carbocycles. The number of hydrogen-bond donors (Lipinski definition) is 4. The largest absolute Gasteiger partial charge is 0.366 e. The molecular formula is C18H23N5O. The van der Waals surface area contributed by atoms with Gasteiger partial charge in [-0.05, 0) is 44.4 Å². The van der Waals surface area contributed by atoms with Crippen LogP contribution in [-0.4, -0.2) is 32.0 Å². The van der Waals surface area contributed by atoms with E-state index in [0.29, 0.717) is 11.3 Å². The quantitative estimate of drug-likeness (QED) is 0.618. The maximum absolute atomic E-state index is 11.8. The zero-order valence-corrected chi connectivity index (χ0v) is 14.2. The first kappa shape index (κ1) is 16.6. The molecule has 0 saturated heterocycles. The average Bonchev–Trinajstić information content (AvgIpc) is 2.96. The van der Waals surface area contributed by atoms with E-state index in [1.165, 1.54) is 0 Å². The number of nitrogens with zero attached hydrogens (tertiary/aromatic N) is 1. The molecule has 0 saturated carbocycles. The Labute approximate surface area is 141 Å². The summed E-state index contributed by atoms with van der Waals surface area (Å²) in [5, 5.41) is 10.2. The van der Waals surface area contributed by atoms with Crippen LogP contribution in [0.25, 0.3) is 11.3 Å². The van der Waals surface area contributed by atoms with Crippen LogP contribution in [0.5, 0.6) is 0 Å². The smallest absolute Gasteiger partial charge is 0.250 e. The minimum absolute atomic E-state index is 0.138. The van der Waals surface area contributed by atoms with Crippen molar-refractivity contribution in [1.82, 2.24) is 20.9 Å². The zero-order chi connectivity index (χ0) is 17.3. The molecule has 5 N–H and O–H groups in total. The van der Waals surface area contributed by atoms with Gasteiger partial charge in [-0.15, -0.1) is 0 Å². The lowest BCUT2D eigenvalue weighted by atomic mass is 9.94. The molecule has 0 aliphatic heterocycles. The summed E-state index contributed by atoms with van der Waals surface area (Å²) < 4.78 is 0. The Balaban J connectivity index is 2.27. The van der Waals surface area contributed by atoms with Gasteiger partial charge < -0.3 is 11.1 Å². The van der Waals surface area contributed by atoms with E-state index in [1.54, 1.807) is 18.3 Å². The van der Waals surface area contributed by atoms with Crippen LogP contribution in [0, 0.1) is 0 Å². The van der Waals surface area contributed by atoms with Crippen molar-refractivity contribution in [2.24, 2.45) is 5.73 Å². The first-order valence-electron chi connectivity index (χ1n) is 8.01. The predicted molar refractivity (Wildman–Crippen MR) is 94.4 cm³/mol. The molecule has 24 heavy (non-hydrogen) atoms. The summed E-state index contributed by atoms with van der Waals surface area (Å²) in [6.45, 7) is 0. The van der Waals surface area contributed by atoms with Gasteiger partial charge in [0, 0.05) is 24.2 Å². The molecule has 0 fully saturated rings. The number of primary amides is 1. The monoisotopic (exact) mass is 325 g/mol. The summed E-state index contributed by atoms with van der Waals surface area (Å²) >= 11 is 0. The van der Waals surface area contributed by atoms with Crippen LogP contribution < -0.4 is 21.7 Å². The second-order valence-electron chi connectivity index (χ2n) is 5.98. The first-order valence-corrected chi connectivity index (χ1v) is 8.01. The van der Waals surface area contributed by atoms with Crippen molar-refractivity contribution in [1.29, 1.82) is 0 Å². The maximum atomic E-state index is 11.8. The van der Waals surface area contributed by atoms with Crippen molar-refractivity contribution in [2.75, 3.05) is 21.1 Å². The van der Waals surface area contributed by atoms with Crippen LogP contribution >= 0.6 is 0 Å². The van der Waals surface area contributed by atoms with E-state index in [2.05, 4.69) is 27.0 Å². The van der Waals surface area contributed by atoms with E-state index in [4.69, 9.17) is 5.73 Å². The van der Waals surface area contributed by atoms with Gasteiger partial charge in [0.15, 0.2) is 0 Å². The Morgan fingerprint density at radius 3 is 2.58 bits per heavy atom. The second kappa shape index (κ2) is 6.32.